The summed E-state index contributed by atoms with van der Waals surface area (Å²) in [5.74, 6) is 1.29. The van der Waals surface area contributed by atoms with Gasteiger partial charge in [0.05, 0.1) is 17.4 Å². The molecule has 1 aliphatic rings. The monoisotopic (exact) mass is 520 g/mol. The molecule has 1 amide bonds. The second kappa shape index (κ2) is 10.4. The molecule has 6 rings (SSSR count). The fraction of sp³-hybridized carbons (Fsp3) is 0.290. The normalized spacial score (nSPS) is 15.8. The third-order valence-electron chi connectivity index (χ3n) is 7.63. The van der Waals surface area contributed by atoms with Gasteiger partial charge in [-0.1, -0.05) is 54.6 Å². The number of para-hydroxylation sites is 1. The van der Waals surface area contributed by atoms with Gasteiger partial charge in [0, 0.05) is 44.2 Å². The fourth-order valence-electron chi connectivity index (χ4n) is 5.64. The smallest absolute Gasteiger partial charge is 0.263 e. The molecule has 8 nitrogen and oxygen atoms in total. The van der Waals surface area contributed by atoms with Gasteiger partial charge in [-0.15, -0.1) is 10.2 Å². The van der Waals surface area contributed by atoms with Crippen LogP contribution in [0.4, 0.5) is 5.69 Å². The molecule has 1 aliphatic heterocycles. The van der Waals surface area contributed by atoms with Crippen molar-refractivity contribution in [3.05, 3.63) is 106 Å². The van der Waals surface area contributed by atoms with Crippen molar-refractivity contribution in [3.8, 4) is 0 Å². The molecule has 1 unspecified atom stereocenters. The van der Waals surface area contributed by atoms with Gasteiger partial charge in [-0.25, -0.2) is 0 Å². The number of hydrogen-bond donors (Lipinski definition) is 0. The van der Waals surface area contributed by atoms with E-state index in [4.69, 9.17) is 0 Å². The molecule has 8 heteroatoms. The van der Waals surface area contributed by atoms with Crippen molar-refractivity contribution in [2.75, 3.05) is 24.5 Å². The lowest BCUT2D eigenvalue weighted by atomic mass is 10.1. The molecule has 5 aromatic rings. The molecule has 1 fully saturated rings. The molecule has 0 N–H and O–H groups in total. The Balaban J connectivity index is 1.23. The Morgan fingerprint density at radius 1 is 0.949 bits per heavy atom. The van der Waals surface area contributed by atoms with Crippen LogP contribution in [0.15, 0.2) is 83.7 Å². The van der Waals surface area contributed by atoms with Gasteiger partial charge >= 0.3 is 0 Å². The Morgan fingerprint density at radius 3 is 2.54 bits per heavy atom. The summed E-state index contributed by atoms with van der Waals surface area (Å²) < 4.78 is 3.60. The highest BCUT2D eigenvalue weighted by molar-refractivity contribution is 5.81. The first-order valence-corrected chi connectivity index (χ1v) is 13.5. The number of aromatic nitrogens is 4. The topological polar surface area (TPSA) is 75.7 Å². The summed E-state index contributed by atoms with van der Waals surface area (Å²) in [6, 6.07) is 26.1. The number of fused-ring (bicyclic) bond motifs is 3. The highest BCUT2D eigenvalue weighted by Crippen LogP contribution is 2.22. The zero-order chi connectivity index (χ0) is 26.9. The lowest BCUT2D eigenvalue weighted by molar-refractivity contribution is -0.131. The van der Waals surface area contributed by atoms with Crippen LogP contribution >= 0.6 is 0 Å². The maximum atomic E-state index is 13.4. The molecule has 3 heterocycles. The molecule has 198 valence electrons. The molecule has 0 spiro atoms. The van der Waals surface area contributed by atoms with E-state index < -0.39 is 0 Å². The van der Waals surface area contributed by atoms with E-state index in [0.29, 0.717) is 49.5 Å². The molecule has 0 saturated carbocycles. The van der Waals surface area contributed by atoms with Gasteiger partial charge in [-0.3, -0.25) is 18.6 Å². The fourth-order valence-corrected chi connectivity index (χ4v) is 5.64. The number of anilines is 1. The number of amides is 1. The van der Waals surface area contributed by atoms with Crippen molar-refractivity contribution in [2.45, 2.75) is 39.3 Å². The number of carbonyl (C=O) groups excluding carboxylic acids is 1. The van der Waals surface area contributed by atoms with Gasteiger partial charge in [-0.2, -0.15) is 0 Å². The molecule has 1 atom stereocenters. The minimum absolute atomic E-state index is 0.0996. The van der Waals surface area contributed by atoms with E-state index in [1.807, 2.05) is 63.9 Å². The van der Waals surface area contributed by atoms with Gasteiger partial charge in [0.25, 0.3) is 5.56 Å². The van der Waals surface area contributed by atoms with E-state index in [1.165, 1.54) is 11.3 Å². The predicted octanol–water partition coefficient (Wildman–Crippen LogP) is 4.07. The molecular formula is C31H32N6O2. The second-order valence-electron chi connectivity index (χ2n) is 10.4. The standard InChI is InChI=1S/C31H32N6O2/c1-22-9-8-12-25(19-22)35-18-17-34(20-23(35)2)29(38)16-15-28-32-33-31-36(21-24-10-4-3-5-11-24)30(39)26-13-6-7-14-27(26)37(28)31/h3-14,19,23H,15-18,20-21H2,1-2H3. The van der Waals surface area contributed by atoms with Gasteiger partial charge in [-0.05, 0) is 49.2 Å². The van der Waals surface area contributed by atoms with Crippen LogP contribution in [0.5, 0.6) is 0 Å². The van der Waals surface area contributed by atoms with E-state index >= 15 is 0 Å². The van der Waals surface area contributed by atoms with Crippen molar-refractivity contribution in [2.24, 2.45) is 0 Å². The summed E-state index contributed by atoms with van der Waals surface area (Å²) >= 11 is 0. The predicted molar refractivity (Wildman–Crippen MR) is 153 cm³/mol. The average molecular weight is 521 g/mol. The van der Waals surface area contributed by atoms with Crippen molar-refractivity contribution in [1.82, 2.24) is 24.1 Å². The number of carbonyl (C=O) groups is 1. The molecular weight excluding hydrogens is 488 g/mol. The van der Waals surface area contributed by atoms with Crippen LogP contribution < -0.4 is 10.5 Å². The summed E-state index contributed by atoms with van der Waals surface area (Å²) in [5.41, 5.74) is 4.11. The number of rotatable bonds is 6. The molecule has 2 aromatic heterocycles. The summed E-state index contributed by atoms with van der Waals surface area (Å²) in [4.78, 5) is 31.1. The van der Waals surface area contributed by atoms with Crippen molar-refractivity contribution in [1.29, 1.82) is 0 Å². The summed E-state index contributed by atoms with van der Waals surface area (Å²) in [6.07, 6.45) is 0.782. The van der Waals surface area contributed by atoms with Gasteiger partial charge < -0.3 is 9.80 Å². The lowest BCUT2D eigenvalue weighted by Gasteiger charge is -2.41. The zero-order valence-corrected chi connectivity index (χ0v) is 22.3. The average Bonchev–Trinajstić information content (AvgIpc) is 3.38. The minimum atomic E-state index is -0.0996. The van der Waals surface area contributed by atoms with E-state index in [9.17, 15) is 9.59 Å². The minimum Gasteiger partial charge on any atom is -0.365 e. The number of hydrogen-bond acceptors (Lipinski definition) is 5. The van der Waals surface area contributed by atoms with E-state index in [0.717, 1.165) is 17.6 Å². The molecule has 39 heavy (non-hydrogen) atoms. The van der Waals surface area contributed by atoms with Gasteiger partial charge in [0.2, 0.25) is 11.7 Å². The number of benzene rings is 3. The van der Waals surface area contributed by atoms with E-state index in [1.54, 1.807) is 4.57 Å². The maximum Gasteiger partial charge on any atom is 0.263 e. The zero-order valence-electron chi connectivity index (χ0n) is 22.3. The highest BCUT2D eigenvalue weighted by atomic mass is 16.2. The number of aryl methyl sites for hydroxylation is 2. The molecule has 3 aromatic carbocycles. The van der Waals surface area contributed by atoms with Crippen molar-refractivity contribution in [3.63, 3.8) is 0 Å². The van der Waals surface area contributed by atoms with Crippen LogP contribution in [0.3, 0.4) is 0 Å². The molecule has 0 aliphatic carbocycles. The number of nitrogens with zero attached hydrogens (tertiary/aromatic N) is 6. The SMILES string of the molecule is Cc1cccc(N2CCN(C(=O)CCc3nnc4n(Cc5ccccc5)c(=O)c5ccccc5n34)CC2C)c1. The third kappa shape index (κ3) is 4.78. The van der Waals surface area contributed by atoms with Crippen LogP contribution in [-0.2, 0) is 17.8 Å². The van der Waals surface area contributed by atoms with E-state index in [-0.39, 0.29) is 17.5 Å². The molecule has 1 saturated heterocycles. The third-order valence-corrected chi connectivity index (χ3v) is 7.63. The van der Waals surface area contributed by atoms with Gasteiger partial charge in [0.1, 0.15) is 5.82 Å². The Kier molecular flexibility index (Phi) is 6.60. The van der Waals surface area contributed by atoms with Crippen LogP contribution in [0.2, 0.25) is 0 Å². The van der Waals surface area contributed by atoms with Crippen LogP contribution in [0.1, 0.15) is 30.3 Å². The quantitative estimate of drug-likeness (QED) is 0.337. The number of piperazine rings is 1. The largest absolute Gasteiger partial charge is 0.365 e. The Labute approximate surface area is 227 Å². The Morgan fingerprint density at radius 2 is 1.74 bits per heavy atom. The Hall–Kier alpha value is -4.46. The van der Waals surface area contributed by atoms with Crippen LogP contribution in [0, 0.1) is 6.92 Å². The first kappa shape index (κ1) is 24.9. The Bertz CT molecular complexity index is 1710. The van der Waals surface area contributed by atoms with Crippen molar-refractivity contribution >= 4 is 28.3 Å². The molecule has 0 bridgehead atoms. The second-order valence-corrected chi connectivity index (χ2v) is 10.4. The van der Waals surface area contributed by atoms with Crippen LogP contribution in [-0.4, -0.2) is 55.6 Å². The maximum absolute atomic E-state index is 13.4. The van der Waals surface area contributed by atoms with E-state index in [2.05, 4.69) is 53.2 Å². The first-order valence-electron chi connectivity index (χ1n) is 13.5. The van der Waals surface area contributed by atoms with Gasteiger partial charge in [0.15, 0.2) is 0 Å². The first-order chi connectivity index (χ1) is 19.0. The molecule has 0 radical (unpaired) electrons. The summed E-state index contributed by atoms with van der Waals surface area (Å²) in [5, 5.41) is 9.48. The lowest BCUT2D eigenvalue weighted by Crippen LogP contribution is -2.53. The summed E-state index contributed by atoms with van der Waals surface area (Å²) in [6.45, 7) is 6.86. The van der Waals surface area contributed by atoms with Crippen molar-refractivity contribution < 1.29 is 4.79 Å². The highest BCUT2D eigenvalue weighted by Gasteiger charge is 2.27. The van der Waals surface area contributed by atoms with Crippen LogP contribution in [0.25, 0.3) is 16.7 Å². The summed E-state index contributed by atoms with van der Waals surface area (Å²) in [7, 11) is 0.